The Labute approximate surface area is 138 Å². The van der Waals surface area contributed by atoms with Gasteiger partial charge in [0.2, 0.25) is 5.91 Å². The number of aryl methyl sites for hydroxylation is 2. The molecule has 5 heteroatoms. The van der Waals surface area contributed by atoms with Gasteiger partial charge >= 0.3 is 0 Å². The van der Waals surface area contributed by atoms with Gasteiger partial charge in [0.15, 0.2) is 9.84 Å². The normalized spacial score (nSPS) is 24.3. The first-order valence-electron chi connectivity index (χ1n) is 8.42. The zero-order valence-corrected chi connectivity index (χ0v) is 14.7. The molecule has 126 valence electrons. The number of sulfone groups is 1. The number of hydrogen-bond acceptors (Lipinski definition) is 3. The molecule has 0 radical (unpaired) electrons. The van der Waals surface area contributed by atoms with Crippen LogP contribution in [0.15, 0.2) is 18.2 Å². The second-order valence-corrected chi connectivity index (χ2v) is 9.28. The molecule has 1 aromatic carbocycles. The number of nitrogens with zero attached hydrogens (tertiary/aromatic N) is 1. The largest absolute Gasteiger partial charge is 0.337 e. The molecule has 0 aromatic heterocycles. The van der Waals surface area contributed by atoms with Gasteiger partial charge in [0, 0.05) is 12.6 Å². The molecule has 1 saturated carbocycles. The predicted molar refractivity (Wildman–Crippen MR) is 91.1 cm³/mol. The van der Waals surface area contributed by atoms with Gasteiger partial charge in [-0.05, 0) is 49.3 Å². The third-order valence-electron chi connectivity index (χ3n) is 5.41. The maximum absolute atomic E-state index is 12.8. The third-order valence-corrected chi connectivity index (χ3v) is 7.06. The van der Waals surface area contributed by atoms with Crippen LogP contribution in [0.25, 0.3) is 0 Å². The van der Waals surface area contributed by atoms with Gasteiger partial charge in [0.25, 0.3) is 0 Å². The van der Waals surface area contributed by atoms with Gasteiger partial charge in [-0.3, -0.25) is 4.79 Å². The first kappa shape index (κ1) is 16.5. The van der Waals surface area contributed by atoms with Crippen LogP contribution in [0, 0.1) is 19.8 Å². The molecule has 1 aliphatic carbocycles. The van der Waals surface area contributed by atoms with Crippen molar-refractivity contribution in [1.82, 2.24) is 4.90 Å². The van der Waals surface area contributed by atoms with Crippen LogP contribution in [-0.2, 0) is 21.1 Å². The monoisotopic (exact) mass is 335 g/mol. The Hall–Kier alpha value is -1.36. The lowest BCUT2D eigenvalue weighted by atomic mass is 9.79. The van der Waals surface area contributed by atoms with E-state index in [2.05, 4.69) is 13.0 Å². The molecule has 1 amide bonds. The van der Waals surface area contributed by atoms with Gasteiger partial charge in [-0.25, -0.2) is 8.42 Å². The average molecular weight is 335 g/mol. The van der Waals surface area contributed by atoms with E-state index in [1.807, 2.05) is 24.0 Å². The molecule has 2 fully saturated rings. The van der Waals surface area contributed by atoms with Gasteiger partial charge in [0.05, 0.1) is 17.9 Å². The van der Waals surface area contributed by atoms with Crippen molar-refractivity contribution in [3.8, 4) is 0 Å². The lowest BCUT2D eigenvalue weighted by Gasteiger charge is -2.43. The summed E-state index contributed by atoms with van der Waals surface area (Å²) < 4.78 is 24.0. The Balaban J connectivity index is 1.75. The van der Waals surface area contributed by atoms with Crippen LogP contribution < -0.4 is 0 Å². The number of benzene rings is 1. The van der Waals surface area contributed by atoms with Gasteiger partial charge in [0.1, 0.15) is 0 Å². The smallest absolute Gasteiger partial charge is 0.227 e. The van der Waals surface area contributed by atoms with Gasteiger partial charge < -0.3 is 4.90 Å². The summed E-state index contributed by atoms with van der Waals surface area (Å²) >= 11 is 0. The van der Waals surface area contributed by atoms with Crippen molar-refractivity contribution in [2.45, 2.75) is 45.6 Å². The number of rotatable bonds is 3. The van der Waals surface area contributed by atoms with Crippen LogP contribution >= 0.6 is 0 Å². The van der Waals surface area contributed by atoms with Gasteiger partial charge in [-0.15, -0.1) is 0 Å². The highest BCUT2D eigenvalue weighted by molar-refractivity contribution is 7.91. The van der Waals surface area contributed by atoms with Gasteiger partial charge in [-0.2, -0.15) is 0 Å². The number of carbonyl (C=O) groups excluding carboxylic acids is 1. The van der Waals surface area contributed by atoms with Crippen molar-refractivity contribution >= 4 is 15.7 Å². The van der Waals surface area contributed by atoms with Crippen LogP contribution in [0.1, 0.15) is 36.0 Å². The summed E-state index contributed by atoms with van der Waals surface area (Å²) in [6, 6.07) is 6.00. The minimum absolute atomic E-state index is 0.0695. The maximum Gasteiger partial charge on any atom is 0.227 e. The number of carbonyl (C=O) groups is 1. The second-order valence-electron chi connectivity index (χ2n) is 7.06. The zero-order valence-electron chi connectivity index (χ0n) is 13.9. The molecule has 2 aliphatic rings. The summed E-state index contributed by atoms with van der Waals surface area (Å²) in [5.41, 5.74) is 3.42. The second kappa shape index (κ2) is 6.27. The summed E-state index contributed by atoms with van der Waals surface area (Å²) in [6.07, 6.45) is 3.62. The predicted octanol–water partition coefficient (Wildman–Crippen LogP) is 2.27. The lowest BCUT2D eigenvalue weighted by Crippen LogP contribution is -2.55. The molecule has 1 aromatic rings. The molecule has 3 rings (SSSR count). The molecule has 0 bridgehead atoms. The Morgan fingerprint density at radius 1 is 1.22 bits per heavy atom. The molecular weight excluding hydrogens is 310 g/mol. The van der Waals surface area contributed by atoms with E-state index in [9.17, 15) is 13.2 Å². The Morgan fingerprint density at radius 2 is 1.96 bits per heavy atom. The molecule has 1 saturated heterocycles. The molecule has 1 aliphatic heterocycles. The summed E-state index contributed by atoms with van der Waals surface area (Å²) in [6.45, 7) is 4.46. The van der Waals surface area contributed by atoms with Crippen LogP contribution in [0.2, 0.25) is 0 Å². The SMILES string of the molecule is Cc1ccc(CC(=O)N2CCS(=O)(=O)CC2C2CCC2)cc1C. The molecule has 0 spiro atoms. The van der Waals surface area contributed by atoms with E-state index in [4.69, 9.17) is 0 Å². The first-order valence-corrected chi connectivity index (χ1v) is 10.2. The zero-order chi connectivity index (χ0) is 16.6. The lowest BCUT2D eigenvalue weighted by molar-refractivity contribution is -0.134. The standard InChI is InChI=1S/C18H25NO3S/c1-13-6-7-15(10-14(13)2)11-18(20)19-8-9-23(21,22)12-17(19)16-4-3-5-16/h6-7,10,16-17H,3-5,8-9,11-12H2,1-2H3. The molecule has 1 heterocycles. The molecule has 1 unspecified atom stereocenters. The fourth-order valence-electron chi connectivity index (χ4n) is 3.55. The topological polar surface area (TPSA) is 54.5 Å². The third kappa shape index (κ3) is 3.60. The van der Waals surface area contributed by atoms with Crippen molar-refractivity contribution in [2.24, 2.45) is 5.92 Å². The fraction of sp³-hybridized carbons (Fsp3) is 0.611. The number of amides is 1. The minimum Gasteiger partial charge on any atom is -0.337 e. The van der Waals surface area contributed by atoms with E-state index in [0.717, 1.165) is 24.8 Å². The Kier molecular flexibility index (Phi) is 4.50. The van der Waals surface area contributed by atoms with E-state index >= 15 is 0 Å². The highest BCUT2D eigenvalue weighted by Gasteiger charge is 2.40. The fourth-order valence-corrected chi connectivity index (χ4v) is 5.17. The van der Waals surface area contributed by atoms with Crippen molar-refractivity contribution in [3.05, 3.63) is 34.9 Å². The van der Waals surface area contributed by atoms with E-state index in [1.54, 1.807) is 0 Å². The molecule has 0 N–H and O–H groups in total. The van der Waals surface area contributed by atoms with E-state index in [1.165, 1.54) is 11.1 Å². The summed E-state index contributed by atoms with van der Waals surface area (Å²) in [5.74, 6) is 0.694. The van der Waals surface area contributed by atoms with Crippen LogP contribution in [0.4, 0.5) is 0 Å². The number of hydrogen-bond donors (Lipinski definition) is 0. The van der Waals surface area contributed by atoms with Crippen molar-refractivity contribution in [3.63, 3.8) is 0 Å². The van der Waals surface area contributed by atoms with E-state index in [-0.39, 0.29) is 23.5 Å². The minimum atomic E-state index is -3.00. The highest BCUT2D eigenvalue weighted by Crippen LogP contribution is 2.34. The van der Waals surface area contributed by atoms with Crippen molar-refractivity contribution < 1.29 is 13.2 Å². The Morgan fingerprint density at radius 3 is 2.57 bits per heavy atom. The molecular formula is C18H25NO3S. The van der Waals surface area contributed by atoms with E-state index < -0.39 is 9.84 Å². The summed E-state index contributed by atoms with van der Waals surface area (Å²) in [7, 11) is -3.00. The first-order chi connectivity index (χ1) is 10.9. The summed E-state index contributed by atoms with van der Waals surface area (Å²) in [4.78, 5) is 14.6. The van der Waals surface area contributed by atoms with Crippen LogP contribution in [0.5, 0.6) is 0 Å². The average Bonchev–Trinajstić information content (AvgIpc) is 2.40. The highest BCUT2D eigenvalue weighted by atomic mass is 32.2. The quantitative estimate of drug-likeness (QED) is 0.851. The van der Waals surface area contributed by atoms with E-state index in [0.29, 0.717) is 18.9 Å². The van der Waals surface area contributed by atoms with Gasteiger partial charge in [-0.1, -0.05) is 24.6 Å². The van der Waals surface area contributed by atoms with Crippen LogP contribution in [0.3, 0.4) is 0 Å². The van der Waals surface area contributed by atoms with Crippen LogP contribution in [-0.4, -0.2) is 43.3 Å². The maximum atomic E-state index is 12.8. The van der Waals surface area contributed by atoms with Crippen molar-refractivity contribution in [1.29, 1.82) is 0 Å². The molecule has 1 atom stereocenters. The molecule has 4 nitrogen and oxygen atoms in total. The molecule has 23 heavy (non-hydrogen) atoms. The summed E-state index contributed by atoms with van der Waals surface area (Å²) in [5, 5.41) is 0. The van der Waals surface area contributed by atoms with Crippen molar-refractivity contribution in [2.75, 3.05) is 18.1 Å². The Bertz CT molecular complexity index is 707.